The normalized spacial score (nSPS) is 20.9. The van der Waals surface area contributed by atoms with Gasteiger partial charge in [0.25, 0.3) is 0 Å². The fourth-order valence-corrected chi connectivity index (χ4v) is 5.06. The summed E-state index contributed by atoms with van der Waals surface area (Å²) in [5.74, 6) is 0.797. The summed E-state index contributed by atoms with van der Waals surface area (Å²) in [6.07, 6.45) is 1.59. The third-order valence-electron chi connectivity index (χ3n) is 6.85. The maximum absolute atomic E-state index is 13.3. The molecule has 1 atom stereocenters. The van der Waals surface area contributed by atoms with Crippen LogP contribution in [-0.4, -0.2) is 51.7 Å². The number of carbonyl (C=O) groups is 2. The van der Waals surface area contributed by atoms with Crippen molar-refractivity contribution in [2.75, 3.05) is 24.5 Å². The number of nitrogens with zero attached hydrogens (tertiary/aromatic N) is 4. The Labute approximate surface area is 198 Å². The highest BCUT2D eigenvalue weighted by atomic mass is 19.1. The molecule has 0 saturated carbocycles. The molecule has 2 fully saturated rings. The number of para-hydroxylation sites is 2. The molecule has 7 nitrogen and oxygen atoms in total. The largest absolute Gasteiger partial charge is 0.441 e. The van der Waals surface area contributed by atoms with E-state index in [2.05, 4.69) is 13.8 Å². The summed E-state index contributed by atoms with van der Waals surface area (Å²) < 4.78 is 21.2. The second-order valence-electron chi connectivity index (χ2n) is 9.55. The van der Waals surface area contributed by atoms with Crippen molar-refractivity contribution in [1.82, 2.24) is 14.5 Å². The molecule has 178 valence electrons. The van der Waals surface area contributed by atoms with Crippen molar-refractivity contribution in [3.05, 3.63) is 60.2 Å². The minimum absolute atomic E-state index is 0.0433. The molecule has 34 heavy (non-hydrogen) atoms. The number of aromatic nitrogens is 2. The first-order chi connectivity index (χ1) is 16.3. The summed E-state index contributed by atoms with van der Waals surface area (Å²) in [6.45, 7) is 5.95. The van der Waals surface area contributed by atoms with E-state index in [0.29, 0.717) is 38.2 Å². The lowest BCUT2D eigenvalue weighted by atomic mass is 9.95. The van der Waals surface area contributed by atoms with Crippen LogP contribution in [-0.2, 0) is 16.1 Å². The van der Waals surface area contributed by atoms with Crippen molar-refractivity contribution in [2.24, 2.45) is 0 Å². The fraction of sp³-hybridized carbons (Fsp3) is 0.423. The third kappa shape index (κ3) is 4.13. The highest BCUT2D eigenvalue weighted by Gasteiger charge is 2.46. The van der Waals surface area contributed by atoms with Crippen molar-refractivity contribution in [2.45, 2.75) is 51.2 Å². The van der Waals surface area contributed by atoms with E-state index in [0.717, 1.165) is 23.3 Å². The predicted octanol–water partition coefficient (Wildman–Crippen LogP) is 4.71. The van der Waals surface area contributed by atoms with Gasteiger partial charge in [-0.05, 0) is 49.2 Å². The number of hydrogen-bond acceptors (Lipinski definition) is 4. The van der Waals surface area contributed by atoms with Crippen LogP contribution >= 0.6 is 0 Å². The molecular formula is C26H29FN4O3. The van der Waals surface area contributed by atoms with E-state index in [1.165, 1.54) is 12.1 Å². The highest BCUT2D eigenvalue weighted by molar-refractivity contribution is 5.90. The third-order valence-corrected chi connectivity index (χ3v) is 6.85. The van der Waals surface area contributed by atoms with E-state index in [1.54, 1.807) is 17.0 Å². The molecular weight excluding hydrogens is 435 g/mol. The first-order valence-corrected chi connectivity index (χ1v) is 11.8. The molecule has 5 rings (SSSR count). The van der Waals surface area contributed by atoms with Crippen LogP contribution in [0.25, 0.3) is 11.0 Å². The summed E-state index contributed by atoms with van der Waals surface area (Å²) in [4.78, 5) is 34.1. The van der Waals surface area contributed by atoms with Crippen LogP contribution in [0, 0.1) is 5.82 Å². The van der Waals surface area contributed by atoms with E-state index in [-0.39, 0.29) is 24.2 Å². The number of imidazole rings is 1. The number of rotatable bonds is 4. The second-order valence-corrected chi connectivity index (χ2v) is 9.55. The van der Waals surface area contributed by atoms with Gasteiger partial charge in [0.1, 0.15) is 23.8 Å². The van der Waals surface area contributed by atoms with Gasteiger partial charge in [-0.1, -0.05) is 26.0 Å². The number of amides is 2. The molecule has 2 saturated heterocycles. The van der Waals surface area contributed by atoms with Crippen LogP contribution in [0.3, 0.4) is 0 Å². The molecule has 0 bridgehead atoms. The van der Waals surface area contributed by atoms with E-state index < -0.39 is 11.7 Å². The highest BCUT2D eigenvalue weighted by Crippen LogP contribution is 2.36. The zero-order chi connectivity index (χ0) is 23.9. The minimum Gasteiger partial charge on any atom is -0.441 e. The quantitative estimate of drug-likeness (QED) is 0.561. The Bertz CT molecular complexity index is 1220. The van der Waals surface area contributed by atoms with Gasteiger partial charge in [-0.3, -0.25) is 9.69 Å². The van der Waals surface area contributed by atoms with Gasteiger partial charge in [0.15, 0.2) is 0 Å². The van der Waals surface area contributed by atoms with Crippen LogP contribution in [0.4, 0.5) is 14.9 Å². The van der Waals surface area contributed by atoms with Gasteiger partial charge in [-0.15, -0.1) is 0 Å². The maximum atomic E-state index is 13.3. The number of anilines is 1. The van der Waals surface area contributed by atoms with Crippen molar-refractivity contribution in [1.29, 1.82) is 0 Å². The van der Waals surface area contributed by atoms with Crippen LogP contribution < -0.4 is 4.90 Å². The van der Waals surface area contributed by atoms with Crippen molar-refractivity contribution in [3.63, 3.8) is 0 Å². The van der Waals surface area contributed by atoms with Gasteiger partial charge in [0, 0.05) is 31.1 Å². The van der Waals surface area contributed by atoms with Gasteiger partial charge in [-0.2, -0.15) is 0 Å². The van der Waals surface area contributed by atoms with Crippen LogP contribution in [0.2, 0.25) is 0 Å². The Morgan fingerprint density at radius 2 is 1.88 bits per heavy atom. The van der Waals surface area contributed by atoms with Gasteiger partial charge >= 0.3 is 6.09 Å². The molecule has 3 aromatic rings. The van der Waals surface area contributed by atoms with Crippen LogP contribution in [0.5, 0.6) is 0 Å². The zero-order valence-corrected chi connectivity index (χ0v) is 19.5. The molecule has 1 spiro atoms. The van der Waals surface area contributed by atoms with Gasteiger partial charge in [0.05, 0.1) is 17.6 Å². The van der Waals surface area contributed by atoms with E-state index >= 15 is 0 Å². The summed E-state index contributed by atoms with van der Waals surface area (Å²) in [5.41, 5.74) is 1.84. The van der Waals surface area contributed by atoms with Crippen molar-refractivity contribution < 1.29 is 18.7 Å². The Kier molecular flexibility index (Phi) is 5.75. The average Bonchev–Trinajstić information content (AvgIpc) is 3.26. The molecule has 2 aromatic carbocycles. The molecule has 0 radical (unpaired) electrons. The van der Waals surface area contributed by atoms with E-state index in [4.69, 9.17) is 9.72 Å². The molecule has 1 aromatic heterocycles. The number of fused-ring (bicyclic) bond motifs is 1. The Morgan fingerprint density at radius 1 is 1.12 bits per heavy atom. The van der Waals surface area contributed by atoms with E-state index in [1.807, 2.05) is 33.7 Å². The number of carbonyl (C=O) groups excluding carboxylic acids is 2. The Morgan fingerprint density at radius 3 is 2.65 bits per heavy atom. The predicted molar refractivity (Wildman–Crippen MR) is 127 cm³/mol. The first kappa shape index (κ1) is 22.4. The molecule has 8 heteroatoms. The lowest BCUT2D eigenvalue weighted by molar-refractivity contribution is -0.131. The second kappa shape index (κ2) is 8.74. The van der Waals surface area contributed by atoms with Crippen molar-refractivity contribution >= 4 is 28.7 Å². The lowest BCUT2D eigenvalue weighted by Gasteiger charge is -2.26. The lowest BCUT2D eigenvalue weighted by Crippen LogP contribution is -2.38. The van der Waals surface area contributed by atoms with Crippen molar-refractivity contribution in [3.8, 4) is 0 Å². The molecule has 0 N–H and O–H groups in total. The van der Waals surface area contributed by atoms with E-state index in [9.17, 15) is 14.0 Å². The molecule has 2 aliphatic rings. The standard InChI is InChI=1S/C26H29FN4O3/c1-18(2)24-28-21-6-3-4-7-22(21)30(24)16-23(32)29-14-5-12-26(13-15-29)17-31(25(33)34-26)20-10-8-19(27)9-11-20/h3-4,6-11,18H,5,12-17H2,1-2H3/t26-/m0/s1. The molecule has 3 heterocycles. The average molecular weight is 465 g/mol. The Hall–Kier alpha value is -3.42. The fourth-order valence-electron chi connectivity index (χ4n) is 5.06. The molecule has 0 aliphatic carbocycles. The molecule has 0 unspecified atom stereocenters. The number of hydrogen-bond donors (Lipinski definition) is 0. The summed E-state index contributed by atoms with van der Waals surface area (Å²) in [7, 11) is 0. The summed E-state index contributed by atoms with van der Waals surface area (Å²) in [6, 6.07) is 13.7. The van der Waals surface area contributed by atoms with Gasteiger partial charge in [-0.25, -0.2) is 14.2 Å². The van der Waals surface area contributed by atoms with Crippen LogP contribution in [0.15, 0.2) is 48.5 Å². The maximum Gasteiger partial charge on any atom is 0.415 e. The minimum atomic E-state index is -0.634. The first-order valence-electron chi connectivity index (χ1n) is 11.8. The molecule has 2 amide bonds. The zero-order valence-electron chi connectivity index (χ0n) is 19.5. The number of halogens is 1. The topological polar surface area (TPSA) is 67.7 Å². The summed E-state index contributed by atoms with van der Waals surface area (Å²) in [5, 5.41) is 0. The SMILES string of the molecule is CC(C)c1nc2ccccc2n1CC(=O)N1CCC[C@]2(CC1)CN(c1ccc(F)cc1)C(=O)O2. The monoisotopic (exact) mass is 464 g/mol. The number of ether oxygens (including phenoxy) is 1. The number of likely N-dealkylation sites (tertiary alicyclic amines) is 1. The molecule has 2 aliphatic heterocycles. The Balaban J connectivity index is 1.30. The van der Waals surface area contributed by atoms with Gasteiger partial charge < -0.3 is 14.2 Å². The summed E-state index contributed by atoms with van der Waals surface area (Å²) >= 11 is 0. The van der Waals surface area contributed by atoms with Gasteiger partial charge in [0.2, 0.25) is 5.91 Å². The smallest absolute Gasteiger partial charge is 0.415 e. The van der Waals surface area contributed by atoms with Crippen LogP contribution in [0.1, 0.15) is 44.9 Å². The number of benzene rings is 2.